The van der Waals surface area contributed by atoms with E-state index < -0.39 is 0 Å². The molecule has 0 amide bonds. The van der Waals surface area contributed by atoms with E-state index in [4.69, 9.17) is 23.2 Å². The van der Waals surface area contributed by atoms with Crippen molar-refractivity contribution in [2.75, 3.05) is 6.54 Å². The van der Waals surface area contributed by atoms with Crippen LogP contribution >= 0.6 is 23.2 Å². The molecule has 5 heteroatoms. The van der Waals surface area contributed by atoms with Crippen LogP contribution in [0.4, 0.5) is 0 Å². The monoisotopic (exact) mass is 363 g/mol. The molecule has 0 saturated carbocycles. The fourth-order valence-electron chi connectivity index (χ4n) is 3.88. The highest BCUT2D eigenvalue weighted by atomic mass is 35.5. The van der Waals surface area contributed by atoms with Gasteiger partial charge in [0.1, 0.15) is 0 Å². The Morgan fingerprint density at radius 3 is 2.33 bits per heavy atom. The number of halogens is 2. The topological polar surface area (TPSA) is 37.4 Å². The number of rotatable bonds is 3. The SMILES string of the molecule is CC(=O)C1=C(C)N2CCCC2=C(C(C)=O)C1c1ccc(Cl)c(Cl)c1. The van der Waals surface area contributed by atoms with Gasteiger partial charge in [-0.25, -0.2) is 0 Å². The van der Waals surface area contributed by atoms with Crippen LogP contribution in [0.1, 0.15) is 45.1 Å². The van der Waals surface area contributed by atoms with Crippen molar-refractivity contribution in [3.63, 3.8) is 0 Å². The molecule has 126 valence electrons. The predicted molar refractivity (Wildman–Crippen MR) is 96.2 cm³/mol. The minimum atomic E-state index is -0.376. The standard InChI is InChI=1S/C19H19Cl2NO2/c1-10-17(11(2)23)19(13-6-7-14(20)15(21)9-13)18(12(3)24)16-5-4-8-22(10)16/h6-7,9,19H,4-5,8H2,1-3H3. The van der Waals surface area contributed by atoms with E-state index in [1.165, 1.54) is 0 Å². The van der Waals surface area contributed by atoms with Crippen LogP contribution in [-0.2, 0) is 9.59 Å². The van der Waals surface area contributed by atoms with Gasteiger partial charge in [-0.1, -0.05) is 29.3 Å². The van der Waals surface area contributed by atoms with Crippen LogP contribution in [0.3, 0.4) is 0 Å². The van der Waals surface area contributed by atoms with Crippen LogP contribution in [0, 0.1) is 0 Å². The van der Waals surface area contributed by atoms with Crippen molar-refractivity contribution >= 4 is 34.8 Å². The molecular weight excluding hydrogens is 345 g/mol. The molecule has 0 spiro atoms. The molecular formula is C19H19Cl2NO2. The second-order valence-corrected chi connectivity index (χ2v) is 7.15. The van der Waals surface area contributed by atoms with Crippen LogP contribution < -0.4 is 0 Å². The molecule has 3 nitrogen and oxygen atoms in total. The molecule has 2 aliphatic heterocycles. The van der Waals surface area contributed by atoms with Gasteiger partial charge >= 0.3 is 0 Å². The first kappa shape index (κ1) is 17.2. The van der Waals surface area contributed by atoms with Gasteiger partial charge in [0, 0.05) is 35.0 Å². The fraction of sp³-hybridized carbons (Fsp3) is 0.368. The van der Waals surface area contributed by atoms with Crippen LogP contribution in [0.2, 0.25) is 10.0 Å². The number of Topliss-reactive ketones (excluding diaryl/α,β-unsaturated/α-hetero) is 2. The van der Waals surface area contributed by atoms with E-state index in [2.05, 4.69) is 4.90 Å². The fourth-order valence-corrected chi connectivity index (χ4v) is 4.19. The van der Waals surface area contributed by atoms with Crippen LogP contribution in [0.25, 0.3) is 0 Å². The van der Waals surface area contributed by atoms with Crippen LogP contribution in [-0.4, -0.2) is 23.0 Å². The van der Waals surface area contributed by atoms with Gasteiger partial charge in [-0.2, -0.15) is 0 Å². The second kappa shape index (κ2) is 6.38. The molecule has 2 heterocycles. The minimum absolute atomic E-state index is 0.000720. The second-order valence-electron chi connectivity index (χ2n) is 6.33. The Kier molecular flexibility index (Phi) is 4.58. The summed E-state index contributed by atoms with van der Waals surface area (Å²) in [7, 11) is 0. The summed E-state index contributed by atoms with van der Waals surface area (Å²) in [5, 5.41) is 0.886. The number of allylic oxidation sites excluding steroid dienone is 4. The molecule has 1 fully saturated rings. The smallest absolute Gasteiger partial charge is 0.158 e. The minimum Gasteiger partial charge on any atom is -0.348 e. The van der Waals surface area contributed by atoms with E-state index in [-0.39, 0.29) is 17.5 Å². The third-order valence-electron chi connectivity index (χ3n) is 4.84. The molecule has 0 radical (unpaired) electrons. The van der Waals surface area contributed by atoms with Gasteiger partial charge in [-0.05, 0) is 51.3 Å². The maximum absolute atomic E-state index is 12.5. The van der Waals surface area contributed by atoms with Crippen molar-refractivity contribution in [1.29, 1.82) is 0 Å². The zero-order valence-corrected chi connectivity index (χ0v) is 15.5. The van der Waals surface area contributed by atoms with Gasteiger partial charge in [0.15, 0.2) is 11.6 Å². The Balaban J connectivity index is 2.28. The lowest BCUT2D eigenvalue weighted by Crippen LogP contribution is -2.31. The largest absolute Gasteiger partial charge is 0.348 e. The number of benzene rings is 1. The zero-order chi connectivity index (χ0) is 17.6. The molecule has 0 aliphatic carbocycles. The maximum atomic E-state index is 12.5. The number of carbonyl (C=O) groups is 2. The summed E-state index contributed by atoms with van der Waals surface area (Å²) in [5.74, 6) is -0.397. The third-order valence-corrected chi connectivity index (χ3v) is 5.58. The third kappa shape index (κ3) is 2.70. The summed E-state index contributed by atoms with van der Waals surface area (Å²) in [5.41, 5.74) is 4.20. The normalized spacial score (nSPS) is 20.5. The van der Waals surface area contributed by atoms with E-state index in [1.54, 1.807) is 26.0 Å². The van der Waals surface area contributed by atoms with Crippen molar-refractivity contribution in [3.05, 3.63) is 56.3 Å². The Labute approximate surface area is 151 Å². The molecule has 0 aromatic heterocycles. The van der Waals surface area contributed by atoms with Gasteiger partial charge in [-0.3, -0.25) is 9.59 Å². The molecule has 1 unspecified atom stereocenters. The van der Waals surface area contributed by atoms with Crippen molar-refractivity contribution in [3.8, 4) is 0 Å². The summed E-state index contributed by atoms with van der Waals surface area (Å²) < 4.78 is 0. The van der Waals surface area contributed by atoms with E-state index in [0.29, 0.717) is 21.2 Å². The highest BCUT2D eigenvalue weighted by Crippen LogP contribution is 2.46. The maximum Gasteiger partial charge on any atom is 0.158 e. The van der Waals surface area contributed by atoms with E-state index in [1.807, 2.05) is 13.0 Å². The van der Waals surface area contributed by atoms with Crippen LogP contribution in [0.15, 0.2) is 40.7 Å². The first-order valence-electron chi connectivity index (χ1n) is 8.01. The number of hydrogen-bond acceptors (Lipinski definition) is 3. The molecule has 0 N–H and O–H groups in total. The summed E-state index contributed by atoms with van der Waals surface area (Å²) in [6, 6.07) is 5.33. The van der Waals surface area contributed by atoms with E-state index >= 15 is 0 Å². The van der Waals surface area contributed by atoms with Crippen molar-refractivity contribution in [2.45, 2.75) is 39.5 Å². The van der Waals surface area contributed by atoms with Gasteiger partial charge in [0.2, 0.25) is 0 Å². The quantitative estimate of drug-likeness (QED) is 0.766. The van der Waals surface area contributed by atoms with Crippen molar-refractivity contribution in [1.82, 2.24) is 4.90 Å². The lowest BCUT2D eigenvalue weighted by molar-refractivity contribution is -0.114. The summed E-state index contributed by atoms with van der Waals surface area (Å²) >= 11 is 12.2. The summed E-state index contributed by atoms with van der Waals surface area (Å²) in [6.45, 7) is 5.94. The Morgan fingerprint density at radius 1 is 1.08 bits per heavy atom. The van der Waals surface area contributed by atoms with Gasteiger partial charge in [0.05, 0.1) is 10.0 Å². The lowest BCUT2D eigenvalue weighted by atomic mass is 9.77. The molecule has 24 heavy (non-hydrogen) atoms. The summed E-state index contributed by atoms with van der Waals surface area (Å²) in [4.78, 5) is 27.0. The van der Waals surface area contributed by atoms with E-state index in [0.717, 1.165) is 36.3 Å². The Hall–Kier alpha value is -1.58. The van der Waals surface area contributed by atoms with Crippen molar-refractivity contribution in [2.24, 2.45) is 0 Å². The molecule has 3 rings (SSSR count). The molecule has 1 atom stereocenters. The van der Waals surface area contributed by atoms with Crippen molar-refractivity contribution < 1.29 is 9.59 Å². The number of ketones is 2. The molecule has 2 aliphatic rings. The number of fused-ring (bicyclic) bond motifs is 1. The molecule has 1 saturated heterocycles. The highest BCUT2D eigenvalue weighted by Gasteiger charge is 2.39. The van der Waals surface area contributed by atoms with Gasteiger partial charge in [0.25, 0.3) is 0 Å². The lowest BCUT2D eigenvalue weighted by Gasteiger charge is -2.36. The number of nitrogens with zero attached hydrogens (tertiary/aromatic N) is 1. The first-order valence-corrected chi connectivity index (χ1v) is 8.76. The molecule has 1 aromatic rings. The van der Waals surface area contributed by atoms with E-state index in [9.17, 15) is 9.59 Å². The average molecular weight is 364 g/mol. The molecule has 0 bridgehead atoms. The van der Waals surface area contributed by atoms with Gasteiger partial charge in [-0.15, -0.1) is 0 Å². The van der Waals surface area contributed by atoms with Crippen LogP contribution in [0.5, 0.6) is 0 Å². The first-order chi connectivity index (χ1) is 11.3. The summed E-state index contributed by atoms with van der Waals surface area (Å²) in [6.07, 6.45) is 1.85. The predicted octanol–water partition coefficient (Wildman–Crippen LogP) is 4.89. The molecule has 1 aromatic carbocycles. The van der Waals surface area contributed by atoms with Gasteiger partial charge < -0.3 is 4.90 Å². The zero-order valence-electron chi connectivity index (χ0n) is 14.0. The Morgan fingerprint density at radius 2 is 1.75 bits per heavy atom. The highest BCUT2D eigenvalue weighted by molar-refractivity contribution is 6.42. The Bertz CT molecular complexity index is 808. The number of carbonyl (C=O) groups excluding carboxylic acids is 2. The average Bonchev–Trinajstić information content (AvgIpc) is 2.98. The number of hydrogen-bond donors (Lipinski definition) is 0.